The van der Waals surface area contributed by atoms with Crippen LogP contribution in [0.15, 0.2) is 40.7 Å². The number of hydrogen-bond acceptors (Lipinski definition) is 6. The van der Waals surface area contributed by atoms with Crippen LogP contribution in [0, 0.1) is 0 Å². The zero-order valence-corrected chi connectivity index (χ0v) is 14.7. The number of Topliss-reactive ketones (excluding diaryl/α,β-unsaturated/α-hetero) is 1. The molecule has 3 rings (SSSR count). The van der Waals surface area contributed by atoms with Crippen molar-refractivity contribution < 1.29 is 14.3 Å². The molecule has 1 unspecified atom stereocenters. The van der Waals surface area contributed by atoms with Gasteiger partial charge in [0.1, 0.15) is 16.5 Å². The molecule has 1 aromatic heterocycles. The average molecular weight is 363 g/mol. The zero-order valence-electron chi connectivity index (χ0n) is 13.2. The second kappa shape index (κ2) is 6.75. The van der Waals surface area contributed by atoms with Crippen molar-refractivity contribution in [3.05, 3.63) is 52.0 Å². The van der Waals surface area contributed by atoms with Crippen molar-refractivity contribution in [1.29, 1.82) is 0 Å². The van der Waals surface area contributed by atoms with E-state index in [-0.39, 0.29) is 5.78 Å². The fourth-order valence-electron chi connectivity index (χ4n) is 2.48. The largest absolute Gasteiger partial charge is 0.497 e. The van der Waals surface area contributed by atoms with Crippen LogP contribution in [-0.2, 0) is 11.4 Å². The molecule has 1 aliphatic heterocycles. The van der Waals surface area contributed by atoms with Gasteiger partial charge in [-0.3, -0.25) is 9.79 Å². The Labute approximate surface area is 148 Å². The van der Waals surface area contributed by atoms with E-state index >= 15 is 0 Å². The normalized spacial score (nSPS) is 18.8. The third-order valence-corrected chi connectivity index (χ3v) is 5.01. The molecule has 2 aromatic rings. The first-order chi connectivity index (χ1) is 11.6. The summed E-state index contributed by atoms with van der Waals surface area (Å²) in [5, 5.41) is 2.43. The number of halogens is 1. The molecular formula is C17H15ClN2O3S. The van der Waals surface area contributed by atoms with E-state index in [4.69, 9.17) is 21.1 Å². The molecule has 0 saturated heterocycles. The highest BCUT2D eigenvalue weighted by atomic mass is 35.5. The average Bonchev–Trinajstić information content (AvgIpc) is 3.30. The van der Waals surface area contributed by atoms with Crippen molar-refractivity contribution >= 4 is 34.9 Å². The fourth-order valence-corrected chi connectivity index (χ4v) is 3.65. The maximum Gasteiger partial charge on any atom is 0.205 e. The smallest absolute Gasteiger partial charge is 0.205 e. The number of alkyl halides is 1. The molecular weight excluding hydrogens is 348 g/mol. The summed E-state index contributed by atoms with van der Waals surface area (Å²) in [5.41, 5.74) is -0.0257. The molecule has 0 amide bonds. The summed E-state index contributed by atoms with van der Waals surface area (Å²) < 4.78 is 10.5. The fraction of sp³-hybridized carbons (Fsp3) is 0.235. The van der Waals surface area contributed by atoms with Crippen molar-refractivity contribution in [2.75, 3.05) is 14.2 Å². The lowest BCUT2D eigenvalue weighted by Gasteiger charge is -2.21. The lowest BCUT2D eigenvalue weighted by Crippen LogP contribution is -2.31. The Balaban J connectivity index is 2.09. The molecule has 0 N–H and O–H groups in total. The number of thiazole rings is 1. The van der Waals surface area contributed by atoms with Crippen LogP contribution in [-0.4, -0.2) is 31.2 Å². The Bertz CT molecular complexity index is 817. The molecule has 1 aromatic carbocycles. The Hall–Kier alpha value is -2.18. The first kappa shape index (κ1) is 16.7. The van der Waals surface area contributed by atoms with Crippen LogP contribution in [0.25, 0.3) is 0 Å². The quantitative estimate of drug-likeness (QED) is 0.581. The van der Waals surface area contributed by atoms with Crippen LogP contribution in [0.3, 0.4) is 0 Å². The van der Waals surface area contributed by atoms with Gasteiger partial charge in [-0.2, -0.15) is 0 Å². The SMILES string of the molecule is COc1ccc(C(=O)C2(c3nc(CCl)cs3)C=CC=N2)c(OC)c1. The van der Waals surface area contributed by atoms with E-state index in [1.807, 2.05) is 5.38 Å². The van der Waals surface area contributed by atoms with Crippen molar-refractivity contribution in [3.63, 3.8) is 0 Å². The highest BCUT2D eigenvalue weighted by molar-refractivity contribution is 7.10. The summed E-state index contributed by atoms with van der Waals surface area (Å²) in [4.78, 5) is 22.2. The van der Waals surface area contributed by atoms with E-state index in [0.717, 1.165) is 5.69 Å². The van der Waals surface area contributed by atoms with Crippen LogP contribution in [0.5, 0.6) is 11.5 Å². The van der Waals surface area contributed by atoms with Gasteiger partial charge in [0.15, 0.2) is 5.54 Å². The number of aromatic nitrogens is 1. The lowest BCUT2D eigenvalue weighted by atomic mass is 9.90. The number of carbonyl (C=O) groups excluding carboxylic acids is 1. The molecule has 24 heavy (non-hydrogen) atoms. The molecule has 2 heterocycles. The van der Waals surface area contributed by atoms with E-state index in [2.05, 4.69) is 9.98 Å². The molecule has 1 atom stereocenters. The number of ketones is 1. The maximum atomic E-state index is 13.3. The van der Waals surface area contributed by atoms with Crippen LogP contribution in [0.1, 0.15) is 21.1 Å². The van der Waals surface area contributed by atoms with E-state index in [0.29, 0.717) is 28.0 Å². The summed E-state index contributed by atoms with van der Waals surface area (Å²) in [6.07, 6.45) is 5.10. The predicted molar refractivity (Wildman–Crippen MR) is 94.9 cm³/mol. The summed E-state index contributed by atoms with van der Waals surface area (Å²) in [6, 6.07) is 5.08. The minimum Gasteiger partial charge on any atom is -0.497 e. The molecule has 1 aliphatic rings. The molecule has 0 aliphatic carbocycles. The Morgan fingerprint density at radius 3 is 2.75 bits per heavy atom. The molecule has 7 heteroatoms. The lowest BCUT2D eigenvalue weighted by molar-refractivity contribution is 0.0920. The second-order valence-corrected chi connectivity index (χ2v) is 6.20. The summed E-state index contributed by atoms with van der Waals surface area (Å²) in [7, 11) is 3.08. The number of carbonyl (C=O) groups is 1. The van der Waals surface area contributed by atoms with Crippen LogP contribution < -0.4 is 9.47 Å². The van der Waals surface area contributed by atoms with Gasteiger partial charge < -0.3 is 9.47 Å². The molecule has 124 valence electrons. The summed E-state index contributed by atoms with van der Waals surface area (Å²) in [5.74, 6) is 1.13. The van der Waals surface area contributed by atoms with Crippen molar-refractivity contribution in [3.8, 4) is 11.5 Å². The van der Waals surface area contributed by atoms with Crippen molar-refractivity contribution in [2.24, 2.45) is 4.99 Å². The topological polar surface area (TPSA) is 60.8 Å². The Morgan fingerprint density at radius 2 is 2.17 bits per heavy atom. The number of ether oxygens (including phenoxy) is 2. The van der Waals surface area contributed by atoms with Gasteiger partial charge >= 0.3 is 0 Å². The number of benzene rings is 1. The summed E-state index contributed by atoms with van der Waals surface area (Å²) in [6.45, 7) is 0. The van der Waals surface area contributed by atoms with Crippen LogP contribution in [0.2, 0.25) is 0 Å². The molecule has 0 radical (unpaired) electrons. The number of aliphatic imine (C=N–C) groups is 1. The third kappa shape index (κ3) is 2.72. The predicted octanol–water partition coefficient (Wildman–Crippen LogP) is 3.62. The number of allylic oxidation sites excluding steroid dienone is 1. The van der Waals surface area contributed by atoms with E-state index in [1.165, 1.54) is 18.4 Å². The standard InChI is InChI=1S/C17H15ClN2O3S/c1-22-12-4-5-13(14(8-12)23-2)15(21)17(6-3-7-19-17)16-20-11(9-18)10-24-16/h3-8,10H,9H2,1-2H3. The van der Waals surface area contributed by atoms with Crippen LogP contribution >= 0.6 is 22.9 Å². The molecule has 0 bridgehead atoms. The third-order valence-electron chi connectivity index (χ3n) is 3.72. The van der Waals surface area contributed by atoms with Gasteiger partial charge in [0, 0.05) is 17.7 Å². The van der Waals surface area contributed by atoms with Crippen molar-refractivity contribution in [1.82, 2.24) is 4.98 Å². The van der Waals surface area contributed by atoms with Gasteiger partial charge in [0.25, 0.3) is 0 Å². The number of nitrogens with zero attached hydrogens (tertiary/aromatic N) is 2. The zero-order chi connectivity index (χ0) is 17.2. The van der Waals surface area contributed by atoms with Gasteiger partial charge in [-0.15, -0.1) is 22.9 Å². The van der Waals surface area contributed by atoms with Gasteiger partial charge in [-0.25, -0.2) is 4.98 Å². The summed E-state index contributed by atoms with van der Waals surface area (Å²) >= 11 is 7.21. The first-order valence-corrected chi connectivity index (χ1v) is 8.56. The second-order valence-electron chi connectivity index (χ2n) is 5.08. The van der Waals surface area contributed by atoms with E-state index in [1.54, 1.807) is 43.7 Å². The molecule has 0 spiro atoms. The van der Waals surface area contributed by atoms with Gasteiger partial charge in [-0.1, -0.05) is 0 Å². The molecule has 0 fully saturated rings. The maximum absolute atomic E-state index is 13.3. The minimum atomic E-state index is -1.17. The highest BCUT2D eigenvalue weighted by Gasteiger charge is 2.43. The monoisotopic (exact) mass is 362 g/mol. The first-order valence-electron chi connectivity index (χ1n) is 7.15. The van der Waals surface area contributed by atoms with E-state index < -0.39 is 5.54 Å². The Morgan fingerprint density at radius 1 is 1.33 bits per heavy atom. The Kier molecular flexibility index (Phi) is 4.69. The number of methoxy groups -OCH3 is 2. The van der Waals surface area contributed by atoms with E-state index in [9.17, 15) is 4.79 Å². The molecule has 0 saturated carbocycles. The van der Waals surface area contributed by atoms with Gasteiger partial charge in [0.2, 0.25) is 5.78 Å². The van der Waals surface area contributed by atoms with Crippen LogP contribution in [0.4, 0.5) is 0 Å². The minimum absolute atomic E-state index is 0.206. The highest BCUT2D eigenvalue weighted by Crippen LogP contribution is 2.39. The van der Waals surface area contributed by atoms with Gasteiger partial charge in [0.05, 0.1) is 31.4 Å². The number of hydrogen-bond donors (Lipinski definition) is 0. The molecule has 5 nitrogen and oxygen atoms in total. The van der Waals surface area contributed by atoms with Gasteiger partial charge in [-0.05, 0) is 24.3 Å². The van der Waals surface area contributed by atoms with Crippen molar-refractivity contribution in [2.45, 2.75) is 11.4 Å². The number of rotatable bonds is 6.